The first-order valence-electron chi connectivity index (χ1n) is 7.25. The van der Waals surface area contributed by atoms with Gasteiger partial charge in [-0.2, -0.15) is 0 Å². The van der Waals surface area contributed by atoms with Crippen LogP contribution in [0.5, 0.6) is 5.75 Å². The van der Waals surface area contributed by atoms with Gasteiger partial charge in [0.1, 0.15) is 18.1 Å². The number of benzene rings is 1. The van der Waals surface area contributed by atoms with E-state index in [0.717, 1.165) is 24.3 Å². The summed E-state index contributed by atoms with van der Waals surface area (Å²) < 4.78 is 15.8. The SMILES string of the molecule is COCc1ccc(C(=O)N2CC[C@@H]2c2cccc(OC)c2)o1. The second-order valence-corrected chi connectivity index (χ2v) is 5.28. The van der Waals surface area contributed by atoms with Gasteiger partial charge in [0.05, 0.1) is 13.2 Å². The highest BCUT2D eigenvalue weighted by atomic mass is 16.5. The zero-order chi connectivity index (χ0) is 15.5. The summed E-state index contributed by atoms with van der Waals surface area (Å²) >= 11 is 0. The van der Waals surface area contributed by atoms with Crippen molar-refractivity contribution in [1.29, 1.82) is 0 Å². The summed E-state index contributed by atoms with van der Waals surface area (Å²) in [7, 11) is 3.24. The van der Waals surface area contributed by atoms with Crippen molar-refractivity contribution in [2.45, 2.75) is 19.1 Å². The van der Waals surface area contributed by atoms with Gasteiger partial charge in [-0.25, -0.2) is 0 Å². The lowest BCUT2D eigenvalue weighted by atomic mass is 9.94. The molecule has 0 spiro atoms. The van der Waals surface area contributed by atoms with Gasteiger partial charge in [-0.15, -0.1) is 0 Å². The van der Waals surface area contributed by atoms with E-state index >= 15 is 0 Å². The molecule has 2 heterocycles. The van der Waals surface area contributed by atoms with Crippen molar-refractivity contribution in [1.82, 2.24) is 4.90 Å². The molecular formula is C17H19NO4. The molecule has 1 fully saturated rings. The number of hydrogen-bond acceptors (Lipinski definition) is 4. The van der Waals surface area contributed by atoms with Gasteiger partial charge in [-0.1, -0.05) is 12.1 Å². The Balaban J connectivity index is 1.75. The molecule has 1 aromatic heterocycles. The Bertz CT molecular complexity index is 664. The third-order valence-corrected chi connectivity index (χ3v) is 3.92. The minimum atomic E-state index is -0.0820. The monoisotopic (exact) mass is 301 g/mol. The Hall–Kier alpha value is -2.27. The van der Waals surface area contributed by atoms with E-state index in [4.69, 9.17) is 13.9 Å². The summed E-state index contributed by atoms with van der Waals surface area (Å²) in [6.07, 6.45) is 0.949. The molecule has 116 valence electrons. The van der Waals surface area contributed by atoms with Gasteiger partial charge in [0.25, 0.3) is 5.91 Å². The predicted octanol–water partition coefficient (Wildman–Crippen LogP) is 3.02. The maximum absolute atomic E-state index is 12.5. The van der Waals surface area contributed by atoms with Crippen molar-refractivity contribution in [3.05, 3.63) is 53.5 Å². The molecule has 1 atom stereocenters. The highest BCUT2D eigenvalue weighted by Crippen LogP contribution is 2.35. The van der Waals surface area contributed by atoms with Gasteiger partial charge in [-0.05, 0) is 36.2 Å². The van der Waals surface area contributed by atoms with Gasteiger partial charge >= 0.3 is 0 Å². The molecule has 0 unspecified atom stereocenters. The molecule has 22 heavy (non-hydrogen) atoms. The predicted molar refractivity (Wildman–Crippen MR) is 80.8 cm³/mol. The number of nitrogens with zero attached hydrogens (tertiary/aromatic N) is 1. The lowest BCUT2D eigenvalue weighted by molar-refractivity contribution is 0.0421. The molecule has 1 aliphatic rings. The van der Waals surface area contributed by atoms with Gasteiger partial charge < -0.3 is 18.8 Å². The summed E-state index contributed by atoms with van der Waals surface area (Å²) in [6, 6.07) is 11.4. The summed E-state index contributed by atoms with van der Waals surface area (Å²) in [6.45, 7) is 1.10. The van der Waals surface area contributed by atoms with Crippen molar-refractivity contribution < 1.29 is 18.7 Å². The Labute approximate surface area is 129 Å². The lowest BCUT2D eigenvalue weighted by Gasteiger charge is -2.40. The van der Waals surface area contributed by atoms with E-state index in [0.29, 0.717) is 18.1 Å². The quantitative estimate of drug-likeness (QED) is 0.852. The highest BCUT2D eigenvalue weighted by molar-refractivity contribution is 5.92. The van der Waals surface area contributed by atoms with Gasteiger partial charge in [0, 0.05) is 13.7 Å². The first kappa shape index (κ1) is 14.7. The van der Waals surface area contributed by atoms with E-state index in [2.05, 4.69) is 0 Å². The van der Waals surface area contributed by atoms with E-state index in [9.17, 15) is 4.79 Å². The summed E-state index contributed by atoms with van der Waals surface area (Å²) in [5.41, 5.74) is 1.09. The molecule has 5 nitrogen and oxygen atoms in total. The fraction of sp³-hybridized carbons (Fsp3) is 0.353. The van der Waals surface area contributed by atoms with Crippen molar-refractivity contribution in [3.8, 4) is 5.75 Å². The van der Waals surface area contributed by atoms with Crippen LogP contribution in [0, 0.1) is 0 Å². The van der Waals surface area contributed by atoms with Crippen LogP contribution in [0.15, 0.2) is 40.8 Å². The Morgan fingerprint density at radius 3 is 2.86 bits per heavy atom. The molecule has 0 radical (unpaired) electrons. The third kappa shape index (κ3) is 2.72. The molecule has 0 bridgehead atoms. The molecule has 2 aromatic rings. The number of carbonyl (C=O) groups is 1. The summed E-state index contributed by atoms with van der Waals surface area (Å²) in [5, 5.41) is 0. The number of likely N-dealkylation sites (tertiary alicyclic amines) is 1. The topological polar surface area (TPSA) is 51.9 Å². The standard InChI is InChI=1S/C17H19NO4/c1-20-11-14-6-7-16(22-14)17(19)18-9-8-15(18)12-4-3-5-13(10-12)21-2/h3-7,10,15H,8-9,11H2,1-2H3/t15-/m1/s1. The van der Waals surface area contributed by atoms with Crippen molar-refractivity contribution in [3.63, 3.8) is 0 Å². The van der Waals surface area contributed by atoms with Crippen LogP contribution in [0.4, 0.5) is 0 Å². The van der Waals surface area contributed by atoms with E-state index < -0.39 is 0 Å². The van der Waals surface area contributed by atoms with Gasteiger partial charge in [0.15, 0.2) is 5.76 Å². The van der Waals surface area contributed by atoms with Crippen molar-refractivity contribution >= 4 is 5.91 Å². The van der Waals surface area contributed by atoms with Gasteiger partial charge in [0.2, 0.25) is 0 Å². The normalized spacial score (nSPS) is 17.2. The van der Waals surface area contributed by atoms with E-state index in [-0.39, 0.29) is 11.9 Å². The van der Waals surface area contributed by atoms with Crippen LogP contribution in [0.3, 0.4) is 0 Å². The van der Waals surface area contributed by atoms with Crippen LogP contribution in [-0.2, 0) is 11.3 Å². The molecule has 1 aliphatic heterocycles. The first-order chi connectivity index (χ1) is 10.7. The van der Waals surface area contributed by atoms with Crippen LogP contribution in [0.25, 0.3) is 0 Å². The van der Waals surface area contributed by atoms with Crippen molar-refractivity contribution in [2.75, 3.05) is 20.8 Å². The maximum atomic E-state index is 12.5. The largest absolute Gasteiger partial charge is 0.497 e. The number of furan rings is 1. The lowest BCUT2D eigenvalue weighted by Crippen LogP contribution is -2.45. The fourth-order valence-electron chi connectivity index (χ4n) is 2.68. The summed E-state index contributed by atoms with van der Waals surface area (Å²) in [5.74, 6) is 1.74. The highest BCUT2D eigenvalue weighted by Gasteiger charge is 2.35. The number of rotatable bonds is 5. The van der Waals surface area contributed by atoms with Crippen LogP contribution in [-0.4, -0.2) is 31.6 Å². The molecular weight excluding hydrogens is 282 g/mol. The van der Waals surface area contributed by atoms with Crippen LogP contribution in [0.1, 0.15) is 34.3 Å². The second-order valence-electron chi connectivity index (χ2n) is 5.28. The third-order valence-electron chi connectivity index (χ3n) is 3.92. The smallest absolute Gasteiger partial charge is 0.290 e. The average molecular weight is 301 g/mol. The molecule has 0 aliphatic carbocycles. The molecule has 0 N–H and O–H groups in total. The van der Waals surface area contributed by atoms with E-state index in [1.807, 2.05) is 29.2 Å². The minimum Gasteiger partial charge on any atom is -0.497 e. The second kappa shape index (κ2) is 6.23. The van der Waals surface area contributed by atoms with Gasteiger partial charge in [-0.3, -0.25) is 4.79 Å². The van der Waals surface area contributed by atoms with Crippen LogP contribution in [0.2, 0.25) is 0 Å². The zero-order valence-electron chi connectivity index (χ0n) is 12.7. The molecule has 5 heteroatoms. The van der Waals surface area contributed by atoms with E-state index in [1.165, 1.54) is 0 Å². The number of methoxy groups -OCH3 is 2. The Morgan fingerprint density at radius 1 is 1.32 bits per heavy atom. The minimum absolute atomic E-state index is 0.0820. The molecule has 1 amide bonds. The Kier molecular flexibility index (Phi) is 4.15. The summed E-state index contributed by atoms with van der Waals surface area (Å²) in [4.78, 5) is 14.4. The van der Waals surface area contributed by atoms with Crippen LogP contribution >= 0.6 is 0 Å². The molecule has 1 aromatic carbocycles. The number of hydrogen-bond donors (Lipinski definition) is 0. The van der Waals surface area contributed by atoms with E-state index in [1.54, 1.807) is 26.4 Å². The fourth-order valence-corrected chi connectivity index (χ4v) is 2.68. The average Bonchev–Trinajstić information content (AvgIpc) is 2.95. The van der Waals surface area contributed by atoms with Crippen molar-refractivity contribution in [2.24, 2.45) is 0 Å². The Morgan fingerprint density at radius 2 is 2.18 bits per heavy atom. The number of carbonyl (C=O) groups excluding carboxylic acids is 1. The van der Waals surface area contributed by atoms with Crippen LogP contribution < -0.4 is 4.74 Å². The first-order valence-corrected chi connectivity index (χ1v) is 7.25. The maximum Gasteiger partial charge on any atom is 0.290 e. The molecule has 0 saturated carbocycles. The number of amides is 1. The zero-order valence-corrected chi connectivity index (χ0v) is 12.7. The molecule has 3 rings (SSSR count). The molecule has 1 saturated heterocycles. The number of ether oxygens (including phenoxy) is 2.